The van der Waals surface area contributed by atoms with E-state index in [0.29, 0.717) is 0 Å². The number of aromatic nitrogens is 1. The largest absolute Gasteiger partial charge is 0.398 e. The van der Waals surface area contributed by atoms with Gasteiger partial charge in [-0.25, -0.2) is 0 Å². The van der Waals surface area contributed by atoms with E-state index in [1.54, 1.807) is 0 Å². The Labute approximate surface area is 126 Å². The summed E-state index contributed by atoms with van der Waals surface area (Å²) < 4.78 is 0. The molecule has 0 bridgehead atoms. The predicted octanol–water partition coefficient (Wildman–Crippen LogP) is 3.10. The van der Waals surface area contributed by atoms with E-state index in [0.717, 1.165) is 41.3 Å². The van der Waals surface area contributed by atoms with Gasteiger partial charge in [-0.3, -0.25) is 4.98 Å². The second-order valence-corrected chi connectivity index (χ2v) is 5.97. The van der Waals surface area contributed by atoms with Gasteiger partial charge >= 0.3 is 0 Å². The number of pyridine rings is 1. The molecule has 1 aliphatic rings. The lowest BCUT2D eigenvalue weighted by molar-refractivity contribution is 0.255. The maximum absolute atomic E-state index is 6.01. The first kappa shape index (κ1) is 14.1. The van der Waals surface area contributed by atoms with Gasteiger partial charge in [-0.1, -0.05) is 12.8 Å². The molecule has 0 amide bonds. The van der Waals surface area contributed by atoms with Gasteiger partial charge in [0.1, 0.15) is 0 Å². The molecule has 1 aromatic heterocycles. The zero-order valence-corrected chi connectivity index (χ0v) is 12.7. The minimum absolute atomic E-state index is 0.777. The zero-order chi connectivity index (χ0) is 14.7. The van der Waals surface area contributed by atoms with E-state index >= 15 is 0 Å². The lowest BCUT2D eigenvalue weighted by Gasteiger charge is -2.24. The van der Waals surface area contributed by atoms with Gasteiger partial charge < -0.3 is 16.0 Å². The van der Waals surface area contributed by atoms with Crippen molar-refractivity contribution in [1.29, 1.82) is 0 Å². The van der Waals surface area contributed by atoms with E-state index in [9.17, 15) is 0 Å². The summed E-state index contributed by atoms with van der Waals surface area (Å²) in [6, 6.07) is 6.81. The summed E-state index contributed by atoms with van der Waals surface area (Å²) in [5.41, 5.74) is 7.93. The van der Waals surface area contributed by atoms with Gasteiger partial charge in [0.15, 0.2) is 0 Å². The maximum Gasteiger partial charge on any atom is 0.0422 e. The number of anilines is 2. The molecule has 1 heterocycles. The van der Waals surface area contributed by atoms with Gasteiger partial charge in [-0.05, 0) is 38.1 Å². The van der Waals surface area contributed by atoms with Crippen LogP contribution in [0.1, 0.15) is 25.7 Å². The third-order valence-electron chi connectivity index (χ3n) is 4.58. The number of hydrogen-bond donors (Lipinski definition) is 2. The van der Waals surface area contributed by atoms with Crippen LogP contribution in [0.25, 0.3) is 10.8 Å². The summed E-state index contributed by atoms with van der Waals surface area (Å²) in [7, 11) is 2.24. The second kappa shape index (κ2) is 6.31. The number of nitrogens with one attached hydrogen (secondary N) is 1. The van der Waals surface area contributed by atoms with Gasteiger partial charge in [-0.2, -0.15) is 0 Å². The Hall–Kier alpha value is -1.81. The van der Waals surface area contributed by atoms with Gasteiger partial charge in [0.25, 0.3) is 0 Å². The van der Waals surface area contributed by atoms with Crippen LogP contribution < -0.4 is 11.1 Å². The van der Waals surface area contributed by atoms with Gasteiger partial charge in [0, 0.05) is 53.7 Å². The molecule has 1 aliphatic carbocycles. The van der Waals surface area contributed by atoms with Crippen LogP contribution in [0.5, 0.6) is 0 Å². The van der Waals surface area contributed by atoms with Gasteiger partial charge in [0.2, 0.25) is 0 Å². The van der Waals surface area contributed by atoms with Crippen LogP contribution in [0.3, 0.4) is 0 Å². The normalized spacial score (nSPS) is 15.9. The fourth-order valence-corrected chi connectivity index (χ4v) is 3.26. The Balaban J connectivity index is 1.64. The number of rotatable bonds is 5. The third-order valence-corrected chi connectivity index (χ3v) is 4.58. The van der Waals surface area contributed by atoms with E-state index in [2.05, 4.69) is 28.3 Å². The molecule has 1 aromatic carbocycles. The van der Waals surface area contributed by atoms with Crippen molar-refractivity contribution in [1.82, 2.24) is 9.88 Å². The average molecular weight is 284 g/mol. The maximum atomic E-state index is 6.01. The molecule has 3 rings (SSSR count). The number of nitrogens with zero attached hydrogens (tertiary/aromatic N) is 2. The molecule has 4 nitrogen and oxygen atoms in total. The van der Waals surface area contributed by atoms with Crippen LogP contribution in [0.4, 0.5) is 11.4 Å². The van der Waals surface area contributed by atoms with Crippen molar-refractivity contribution in [2.75, 3.05) is 31.2 Å². The minimum atomic E-state index is 0.777. The molecule has 2 aromatic rings. The number of nitrogen functional groups attached to an aromatic ring is 1. The van der Waals surface area contributed by atoms with Crippen molar-refractivity contribution in [2.24, 2.45) is 0 Å². The predicted molar refractivity (Wildman–Crippen MR) is 89.5 cm³/mol. The lowest BCUT2D eigenvalue weighted by Crippen LogP contribution is -2.33. The number of hydrogen-bond acceptors (Lipinski definition) is 4. The highest BCUT2D eigenvalue weighted by atomic mass is 15.1. The van der Waals surface area contributed by atoms with E-state index in [-0.39, 0.29) is 0 Å². The van der Waals surface area contributed by atoms with E-state index in [1.165, 1.54) is 25.7 Å². The molecule has 0 unspecified atom stereocenters. The third kappa shape index (κ3) is 3.10. The monoisotopic (exact) mass is 284 g/mol. The van der Waals surface area contributed by atoms with Crippen LogP contribution in [-0.4, -0.2) is 36.1 Å². The minimum Gasteiger partial charge on any atom is -0.398 e. The molecule has 21 heavy (non-hydrogen) atoms. The van der Waals surface area contributed by atoms with Crippen molar-refractivity contribution >= 4 is 22.1 Å². The number of benzene rings is 1. The molecule has 1 fully saturated rings. The molecule has 112 valence electrons. The van der Waals surface area contributed by atoms with Crippen molar-refractivity contribution in [3.8, 4) is 0 Å². The molecule has 0 spiro atoms. The van der Waals surface area contributed by atoms with Gasteiger partial charge in [-0.15, -0.1) is 0 Å². The quantitative estimate of drug-likeness (QED) is 0.828. The number of fused-ring (bicyclic) bond motifs is 1. The van der Waals surface area contributed by atoms with Crippen molar-refractivity contribution in [3.05, 3.63) is 30.6 Å². The van der Waals surface area contributed by atoms with Crippen LogP contribution in [-0.2, 0) is 0 Å². The molecule has 4 heteroatoms. The Bertz CT molecular complexity index is 605. The van der Waals surface area contributed by atoms with E-state index in [1.807, 2.05) is 24.5 Å². The average Bonchev–Trinajstić information content (AvgIpc) is 3.04. The van der Waals surface area contributed by atoms with Crippen LogP contribution in [0.2, 0.25) is 0 Å². The summed E-state index contributed by atoms with van der Waals surface area (Å²) >= 11 is 0. The first-order chi connectivity index (χ1) is 10.3. The fraction of sp³-hybridized carbons (Fsp3) is 0.471. The molecule has 0 atom stereocenters. The number of likely N-dealkylation sites (N-methyl/N-ethyl adjacent to an activating group) is 1. The molecule has 0 saturated heterocycles. The van der Waals surface area contributed by atoms with Crippen LogP contribution >= 0.6 is 0 Å². The fourth-order valence-electron chi connectivity index (χ4n) is 3.26. The highest BCUT2D eigenvalue weighted by Gasteiger charge is 2.18. The van der Waals surface area contributed by atoms with E-state index < -0.39 is 0 Å². The highest BCUT2D eigenvalue weighted by Crippen LogP contribution is 2.27. The Morgan fingerprint density at radius 1 is 1.24 bits per heavy atom. The molecule has 0 aliphatic heterocycles. The first-order valence-corrected chi connectivity index (χ1v) is 7.82. The Morgan fingerprint density at radius 3 is 2.86 bits per heavy atom. The molecule has 0 radical (unpaired) electrons. The molecule has 1 saturated carbocycles. The molecular weight excluding hydrogens is 260 g/mol. The zero-order valence-electron chi connectivity index (χ0n) is 12.7. The summed E-state index contributed by atoms with van der Waals surface area (Å²) in [4.78, 5) is 6.65. The van der Waals surface area contributed by atoms with Crippen LogP contribution in [0.15, 0.2) is 30.6 Å². The van der Waals surface area contributed by atoms with Crippen molar-refractivity contribution in [3.63, 3.8) is 0 Å². The highest BCUT2D eigenvalue weighted by molar-refractivity contribution is 6.00. The molecular formula is C17H24N4. The van der Waals surface area contributed by atoms with Gasteiger partial charge in [0.05, 0.1) is 0 Å². The summed E-state index contributed by atoms with van der Waals surface area (Å²) in [5, 5.41) is 5.71. The summed E-state index contributed by atoms with van der Waals surface area (Å²) in [6.45, 7) is 2.02. The topological polar surface area (TPSA) is 54.2 Å². The number of nitrogens with two attached hydrogens (primary N) is 1. The van der Waals surface area contributed by atoms with Crippen molar-refractivity contribution < 1.29 is 0 Å². The SMILES string of the molecule is CN(CCNc1ccc(N)c2cnccc12)C1CCCC1. The summed E-state index contributed by atoms with van der Waals surface area (Å²) in [5.74, 6) is 0. The summed E-state index contributed by atoms with van der Waals surface area (Å²) in [6.07, 6.45) is 9.13. The van der Waals surface area contributed by atoms with Crippen LogP contribution in [0, 0.1) is 0 Å². The first-order valence-electron chi connectivity index (χ1n) is 7.82. The Morgan fingerprint density at radius 2 is 2.05 bits per heavy atom. The standard InChI is InChI=1S/C17H24N4/c1-21(13-4-2-3-5-13)11-10-20-17-7-6-16(18)15-12-19-9-8-14(15)17/h6-9,12-13,20H,2-5,10-11,18H2,1H3. The molecule has 3 N–H and O–H groups in total. The Kier molecular flexibility index (Phi) is 4.25. The van der Waals surface area contributed by atoms with Crippen molar-refractivity contribution in [2.45, 2.75) is 31.7 Å². The smallest absolute Gasteiger partial charge is 0.0422 e. The lowest BCUT2D eigenvalue weighted by atomic mass is 10.1. The van der Waals surface area contributed by atoms with E-state index in [4.69, 9.17) is 5.73 Å². The second-order valence-electron chi connectivity index (χ2n) is 5.97.